The van der Waals surface area contributed by atoms with Gasteiger partial charge < -0.3 is 9.47 Å². The quantitative estimate of drug-likeness (QED) is 0.608. The Labute approximate surface area is 78.4 Å². The number of fused-ring (bicyclic) bond motifs is 1. The van der Waals surface area contributed by atoms with Crippen molar-refractivity contribution < 1.29 is 14.3 Å². The van der Waals surface area contributed by atoms with E-state index in [2.05, 4.69) is 0 Å². The van der Waals surface area contributed by atoms with Crippen LogP contribution in [0.1, 0.15) is 26.2 Å². The van der Waals surface area contributed by atoms with Crippen LogP contribution >= 0.6 is 0 Å². The van der Waals surface area contributed by atoms with Crippen molar-refractivity contribution in [3.8, 4) is 0 Å². The van der Waals surface area contributed by atoms with Gasteiger partial charge in [0.1, 0.15) is 0 Å². The number of esters is 1. The van der Waals surface area contributed by atoms with Gasteiger partial charge in [-0.3, -0.25) is 4.79 Å². The van der Waals surface area contributed by atoms with Gasteiger partial charge in [-0.1, -0.05) is 0 Å². The van der Waals surface area contributed by atoms with Crippen LogP contribution in [-0.4, -0.2) is 25.3 Å². The monoisotopic (exact) mass is 184 g/mol. The zero-order valence-electron chi connectivity index (χ0n) is 7.99. The van der Waals surface area contributed by atoms with E-state index >= 15 is 0 Å². The van der Waals surface area contributed by atoms with Crippen LogP contribution in [0.3, 0.4) is 0 Å². The van der Waals surface area contributed by atoms with Gasteiger partial charge in [0.2, 0.25) is 0 Å². The van der Waals surface area contributed by atoms with E-state index in [1.165, 1.54) is 0 Å². The first-order chi connectivity index (χ1) is 6.31. The molecular weight excluding hydrogens is 168 g/mol. The van der Waals surface area contributed by atoms with E-state index in [9.17, 15) is 4.79 Å². The molecule has 3 heteroatoms. The summed E-state index contributed by atoms with van der Waals surface area (Å²) in [5.74, 6) is 0.620. The Morgan fingerprint density at radius 1 is 1.54 bits per heavy atom. The van der Waals surface area contributed by atoms with E-state index in [4.69, 9.17) is 9.47 Å². The average Bonchev–Trinajstić information content (AvgIpc) is 2.48. The molecule has 0 amide bonds. The highest BCUT2D eigenvalue weighted by Crippen LogP contribution is 2.36. The molecule has 3 atom stereocenters. The Morgan fingerprint density at radius 3 is 3.15 bits per heavy atom. The van der Waals surface area contributed by atoms with Crippen molar-refractivity contribution in [3.63, 3.8) is 0 Å². The second kappa shape index (κ2) is 3.66. The Bertz CT molecular complexity index is 202. The third-order valence-electron chi connectivity index (χ3n) is 3.08. The lowest BCUT2D eigenvalue weighted by Crippen LogP contribution is -2.30. The number of cyclic esters (lactones) is 1. The maximum Gasteiger partial charge on any atom is 0.309 e. The number of rotatable bonds is 2. The van der Waals surface area contributed by atoms with Gasteiger partial charge in [-0.15, -0.1) is 0 Å². The van der Waals surface area contributed by atoms with Crippen molar-refractivity contribution in [2.45, 2.75) is 32.3 Å². The van der Waals surface area contributed by atoms with Crippen molar-refractivity contribution in [1.29, 1.82) is 0 Å². The second-order valence-corrected chi connectivity index (χ2v) is 3.89. The average molecular weight is 184 g/mol. The van der Waals surface area contributed by atoms with Crippen LogP contribution in [-0.2, 0) is 14.3 Å². The Morgan fingerprint density at radius 2 is 2.38 bits per heavy atom. The molecule has 1 aliphatic heterocycles. The number of ether oxygens (including phenoxy) is 2. The summed E-state index contributed by atoms with van der Waals surface area (Å²) in [6.45, 7) is 3.41. The molecule has 0 radical (unpaired) electrons. The largest absolute Gasteiger partial charge is 0.465 e. The molecule has 1 saturated carbocycles. The molecule has 2 rings (SSSR count). The highest BCUT2D eigenvalue weighted by molar-refractivity contribution is 5.74. The molecule has 0 aromatic heterocycles. The topological polar surface area (TPSA) is 35.5 Å². The van der Waals surface area contributed by atoms with E-state index in [1.54, 1.807) is 0 Å². The van der Waals surface area contributed by atoms with E-state index in [1.807, 2.05) is 6.92 Å². The van der Waals surface area contributed by atoms with Crippen LogP contribution in [0, 0.1) is 11.8 Å². The first kappa shape index (κ1) is 9.00. The summed E-state index contributed by atoms with van der Waals surface area (Å²) in [5.41, 5.74) is 0. The smallest absolute Gasteiger partial charge is 0.309 e. The van der Waals surface area contributed by atoms with Crippen LogP contribution in [0.4, 0.5) is 0 Å². The first-order valence-electron chi connectivity index (χ1n) is 5.09. The molecular formula is C10H16O3. The molecule has 2 fully saturated rings. The van der Waals surface area contributed by atoms with Gasteiger partial charge >= 0.3 is 5.97 Å². The van der Waals surface area contributed by atoms with E-state index in [0.29, 0.717) is 18.6 Å². The minimum absolute atomic E-state index is 0.0138. The molecule has 3 nitrogen and oxygen atoms in total. The van der Waals surface area contributed by atoms with Gasteiger partial charge in [0.05, 0.1) is 18.6 Å². The van der Waals surface area contributed by atoms with Crippen LogP contribution in [0.5, 0.6) is 0 Å². The van der Waals surface area contributed by atoms with E-state index in [-0.39, 0.29) is 11.9 Å². The van der Waals surface area contributed by atoms with Crippen LogP contribution in [0.2, 0.25) is 0 Å². The Kier molecular flexibility index (Phi) is 2.54. The lowest BCUT2D eigenvalue weighted by Gasteiger charge is -2.28. The molecule has 0 spiro atoms. The van der Waals surface area contributed by atoms with Crippen LogP contribution < -0.4 is 0 Å². The highest BCUT2D eigenvalue weighted by atomic mass is 16.5. The lowest BCUT2D eigenvalue weighted by atomic mass is 9.80. The van der Waals surface area contributed by atoms with Gasteiger partial charge in [0, 0.05) is 12.5 Å². The van der Waals surface area contributed by atoms with Crippen LogP contribution in [0.15, 0.2) is 0 Å². The summed E-state index contributed by atoms with van der Waals surface area (Å²) in [6, 6.07) is 0. The summed E-state index contributed by atoms with van der Waals surface area (Å²) >= 11 is 0. The van der Waals surface area contributed by atoms with E-state index in [0.717, 1.165) is 25.9 Å². The number of carbonyl (C=O) groups is 1. The summed E-state index contributed by atoms with van der Waals surface area (Å²) < 4.78 is 10.6. The van der Waals surface area contributed by atoms with Gasteiger partial charge in [-0.05, 0) is 26.2 Å². The molecule has 1 heterocycles. The fourth-order valence-electron chi connectivity index (χ4n) is 2.40. The molecule has 0 aromatic carbocycles. The predicted molar refractivity (Wildman–Crippen MR) is 47.2 cm³/mol. The zero-order chi connectivity index (χ0) is 9.26. The normalized spacial score (nSPS) is 38.5. The standard InChI is InChI=1S/C10H16O3/c1-2-12-8-3-4-9-7(5-8)6-13-10(9)11/h7-9H,2-6H2,1H3. The molecule has 0 bridgehead atoms. The molecule has 2 aliphatic rings. The van der Waals surface area contributed by atoms with Crippen molar-refractivity contribution in [3.05, 3.63) is 0 Å². The number of hydrogen-bond donors (Lipinski definition) is 0. The Balaban J connectivity index is 1.91. The summed E-state index contributed by atoms with van der Waals surface area (Å²) in [7, 11) is 0. The summed E-state index contributed by atoms with van der Waals surface area (Å²) in [6.07, 6.45) is 3.34. The van der Waals surface area contributed by atoms with Gasteiger partial charge in [0.15, 0.2) is 0 Å². The van der Waals surface area contributed by atoms with Crippen molar-refractivity contribution in [2.75, 3.05) is 13.2 Å². The fraction of sp³-hybridized carbons (Fsp3) is 0.900. The lowest BCUT2D eigenvalue weighted by molar-refractivity contribution is -0.141. The SMILES string of the molecule is CCOC1CCC2C(=O)OCC2C1. The van der Waals surface area contributed by atoms with E-state index < -0.39 is 0 Å². The van der Waals surface area contributed by atoms with Crippen molar-refractivity contribution in [2.24, 2.45) is 11.8 Å². The molecule has 1 aliphatic carbocycles. The summed E-state index contributed by atoms with van der Waals surface area (Å²) in [5, 5.41) is 0. The van der Waals surface area contributed by atoms with Crippen molar-refractivity contribution >= 4 is 5.97 Å². The molecule has 0 aromatic rings. The molecule has 1 saturated heterocycles. The van der Waals surface area contributed by atoms with Gasteiger partial charge in [-0.2, -0.15) is 0 Å². The zero-order valence-corrected chi connectivity index (χ0v) is 7.99. The third-order valence-corrected chi connectivity index (χ3v) is 3.08. The maximum absolute atomic E-state index is 11.2. The Hall–Kier alpha value is -0.570. The van der Waals surface area contributed by atoms with Crippen molar-refractivity contribution in [1.82, 2.24) is 0 Å². The minimum atomic E-state index is 0.0138. The molecule has 0 N–H and O–H groups in total. The first-order valence-corrected chi connectivity index (χ1v) is 5.09. The fourth-order valence-corrected chi connectivity index (χ4v) is 2.40. The highest BCUT2D eigenvalue weighted by Gasteiger charge is 2.41. The second-order valence-electron chi connectivity index (χ2n) is 3.89. The number of carbonyl (C=O) groups excluding carboxylic acids is 1. The van der Waals surface area contributed by atoms with Gasteiger partial charge in [-0.25, -0.2) is 0 Å². The summed E-state index contributed by atoms with van der Waals surface area (Å²) in [4.78, 5) is 11.2. The molecule has 3 unspecified atom stereocenters. The minimum Gasteiger partial charge on any atom is -0.465 e. The maximum atomic E-state index is 11.2. The third kappa shape index (κ3) is 1.70. The molecule has 74 valence electrons. The van der Waals surface area contributed by atoms with Crippen LogP contribution in [0.25, 0.3) is 0 Å². The number of hydrogen-bond acceptors (Lipinski definition) is 3. The predicted octanol–water partition coefficient (Wildman–Crippen LogP) is 1.36. The van der Waals surface area contributed by atoms with Gasteiger partial charge in [0.25, 0.3) is 0 Å². The molecule has 13 heavy (non-hydrogen) atoms.